The van der Waals surface area contributed by atoms with Crippen LogP contribution in [0, 0.1) is 5.41 Å². The van der Waals surface area contributed by atoms with Gasteiger partial charge in [-0.15, -0.1) is 0 Å². The van der Waals surface area contributed by atoms with E-state index in [1.54, 1.807) is 45.0 Å². The van der Waals surface area contributed by atoms with Gasteiger partial charge in [0.05, 0.1) is 15.6 Å². The van der Waals surface area contributed by atoms with E-state index in [4.69, 9.17) is 27.9 Å². The van der Waals surface area contributed by atoms with E-state index in [0.717, 1.165) is 25.9 Å². The average molecular weight is 663 g/mol. The number of hydrogen-bond donors (Lipinski definition) is 3. The third kappa shape index (κ3) is 9.08. The number of piperidine rings is 1. The minimum absolute atomic E-state index is 0.0137. The van der Waals surface area contributed by atoms with Crippen molar-refractivity contribution >= 4 is 52.8 Å². The molecule has 0 aliphatic carbocycles. The summed E-state index contributed by atoms with van der Waals surface area (Å²) in [6.45, 7) is 11.8. The minimum Gasteiger partial charge on any atom is -0.480 e. The average Bonchev–Trinajstić information content (AvgIpc) is 3.38. The number of aliphatic carboxylic acids is 1. The molecule has 2 aromatic rings. The maximum atomic E-state index is 13.6. The second-order valence-electron chi connectivity index (χ2n) is 13.5. The largest absolute Gasteiger partial charge is 0.480 e. The maximum Gasteiger partial charge on any atom is 0.411 e. The molecule has 45 heavy (non-hydrogen) atoms. The van der Waals surface area contributed by atoms with Crippen LogP contribution in [-0.2, 0) is 20.7 Å². The van der Waals surface area contributed by atoms with Gasteiger partial charge in [0.25, 0.3) is 5.91 Å². The molecule has 3 N–H and O–H groups in total. The normalized spacial score (nSPS) is 20.7. The quantitative estimate of drug-likeness (QED) is 0.348. The molecule has 2 aliphatic rings. The fourth-order valence-electron chi connectivity index (χ4n) is 5.88. The second kappa shape index (κ2) is 13.9. The lowest BCUT2D eigenvalue weighted by Crippen LogP contribution is -2.52. The van der Waals surface area contributed by atoms with Gasteiger partial charge in [-0.05, 0) is 69.7 Å². The molecule has 2 fully saturated rings. The Morgan fingerprint density at radius 2 is 1.76 bits per heavy atom. The van der Waals surface area contributed by atoms with E-state index >= 15 is 0 Å². The van der Waals surface area contributed by atoms with E-state index < -0.39 is 41.6 Å². The number of pyridine rings is 1. The van der Waals surface area contributed by atoms with Crippen molar-refractivity contribution in [3.8, 4) is 0 Å². The highest BCUT2D eigenvalue weighted by atomic mass is 35.5. The molecule has 3 amide bonds. The Kier molecular flexibility index (Phi) is 10.7. The molecule has 1 unspecified atom stereocenters. The van der Waals surface area contributed by atoms with Gasteiger partial charge < -0.3 is 20.5 Å². The number of carbonyl (C=O) groups excluding carboxylic acids is 3. The van der Waals surface area contributed by atoms with Crippen LogP contribution in [-0.4, -0.2) is 87.1 Å². The summed E-state index contributed by atoms with van der Waals surface area (Å²) in [4.78, 5) is 59.4. The van der Waals surface area contributed by atoms with Gasteiger partial charge in [0.1, 0.15) is 17.7 Å². The summed E-state index contributed by atoms with van der Waals surface area (Å²) >= 11 is 12.2. The standard InChI is InChI=1S/C32H41Cl2N5O6/c1-31(2,3)45-30(44)39-17-21(38-12-6-11-32(4,5)18-38)14-25(39)27(40)37-24(29(42)43)13-19-7-9-20(10-8-19)36-28(41)26-22(33)15-35-16-23(26)34/h7-10,15-16,21,24-25H,6,11-14,17-18H2,1-5H3,(H,36,41)(H,37,40)(H,42,43)/t21-,24+,25?/m1/s1. The van der Waals surface area contributed by atoms with Crippen LogP contribution in [0.4, 0.5) is 10.5 Å². The zero-order valence-corrected chi connectivity index (χ0v) is 27.7. The van der Waals surface area contributed by atoms with E-state index in [9.17, 15) is 24.3 Å². The zero-order valence-electron chi connectivity index (χ0n) is 26.2. The number of hydrogen-bond acceptors (Lipinski definition) is 7. The first-order chi connectivity index (χ1) is 21.0. The van der Waals surface area contributed by atoms with Crippen molar-refractivity contribution in [2.24, 2.45) is 5.41 Å². The molecule has 1 aromatic heterocycles. The Morgan fingerprint density at radius 1 is 1.11 bits per heavy atom. The van der Waals surface area contributed by atoms with Crippen molar-refractivity contribution in [2.75, 3.05) is 25.0 Å². The van der Waals surface area contributed by atoms with Gasteiger partial charge in [-0.2, -0.15) is 0 Å². The third-order valence-electron chi connectivity index (χ3n) is 8.00. The molecule has 0 radical (unpaired) electrons. The SMILES string of the molecule is CC1(C)CCCN([C@@H]2CC(C(=O)N[C@@H](Cc3ccc(NC(=O)c4c(Cl)cncc4Cl)cc3)C(=O)O)N(C(=O)OC(C)(C)C)C2)C1. The number of anilines is 1. The van der Waals surface area contributed by atoms with Crippen molar-refractivity contribution in [3.05, 3.63) is 57.8 Å². The number of ether oxygens (including phenoxy) is 1. The number of benzene rings is 1. The number of carboxylic acids is 1. The van der Waals surface area contributed by atoms with Crippen molar-refractivity contribution in [3.63, 3.8) is 0 Å². The van der Waals surface area contributed by atoms with Crippen molar-refractivity contribution < 1.29 is 29.0 Å². The van der Waals surface area contributed by atoms with Crippen molar-refractivity contribution in [1.82, 2.24) is 20.1 Å². The Labute approximate surface area is 273 Å². The Hall–Kier alpha value is -3.41. The summed E-state index contributed by atoms with van der Waals surface area (Å²) in [5.41, 5.74) is 0.514. The van der Waals surface area contributed by atoms with Crippen LogP contribution in [0.5, 0.6) is 0 Å². The first-order valence-corrected chi connectivity index (χ1v) is 15.7. The van der Waals surface area contributed by atoms with Crippen molar-refractivity contribution in [1.29, 1.82) is 0 Å². The van der Waals surface area contributed by atoms with Crippen LogP contribution >= 0.6 is 23.2 Å². The van der Waals surface area contributed by atoms with Crippen LogP contribution in [0.1, 0.15) is 69.8 Å². The summed E-state index contributed by atoms with van der Waals surface area (Å²) in [5, 5.41) is 15.6. The number of rotatable bonds is 8. The summed E-state index contributed by atoms with van der Waals surface area (Å²) in [7, 11) is 0. The van der Waals surface area contributed by atoms with Gasteiger partial charge in [0.2, 0.25) is 5.91 Å². The number of halogens is 2. The molecule has 3 atom stereocenters. The molecule has 0 saturated carbocycles. The molecule has 244 valence electrons. The number of carbonyl (C=O) groups is 4. The van der Waals surface area contributed by atoms with Crippen LogP contribution < -0.4 is 10.6 Å². The Balaban J connectivity index is 1.45. The molecule has 0 bridgehead atoms. The van der Waals surface area contributed by atoms with Crippen LogP contribution in [0.15, 0.2) is 36.7 Å². The molecular weight excluding hydrogens is 621 g/mol. The smallest absolute Gasteiger partial charge is 0.411 e. The van der Waals surface area contributed by atoms with Gasteiger partial charge in [-0.3, -0.25) is 24.4 Å². The van der Waals surface area contributed by atoms with Gasteiger partial charge in [-0.25, -0.2) is 9.59 Å². The maximum absolute atomic E-state index is 13.6. The molecule has 1 aromatic carbocycles. The summed E-state index contributed by atoms with van der Waals surface area (Å²) in [5.74, 6) is -2.27. The van der Waals surface area contributed by atoms with E-state index in [1.165, 1.54) is 17.3 Å². The summed E-state index contributed by atoms with van der Waals surface area (Å²) < 4.78 is 5.63. The fourth-order valence-corrected chi connectivity index (χ4v) is 6.42. The van der Waals surface area contributed by atoms with E-state index in [1.807, 2.05) is 0 Å². The molecular formula is C32H41Cl2N5O6. The predicted molar refractivity (Wildman–Crippen MR) is 172 cm³/mol. The van der Waals surface area contributed by atoms with E-state index in [0.29, 0.717) is 24.2 Å². The molecule has 3 heterocycles. The number of nitrogens with zero attached hydrogens (tertiary/aromatic N) is 3. The number of amides is 3. The third-order valence-corrected chi connectivity index (χ3v) is 8.58. The van der Waals surface area contributed by atoms with Gasteiger partial charge in [0, 0.05) is 43.6 Å². The topological polar surface area (TPSA) is 141 Å². The van der Waals surface area contributed by atoms with Gasteiger partial charge in [-0.1, -0.05) is 49.2 Å². The van der Waals surface area contributed by atoms with E-state index in [2.05, 4.69) is 34.4 Å². The van der Waals surface area contributed by atoms with Crippen molar-refractivity contribution in [2.45, 2.75) is 84.0 Å². The Morgan fingerprint density at radius 3 is 2.33 bits per heavy atom. The van der Waals surface area contributed by atoms with Gasteiger partial charge in [0.15, 0.2) is 0 Å². The molecule has 2 aliphatic heterocycles. The van der Waals surface area contributed by atoms with Crippen LogP contribution in [0.25, 0.3) is 0 Å². The second-order valence-corrected chi connectivity index (χ2v) is 14.3. The zero-order chi connectivity index (χ0) is 33.1. The lowest BCUT2D eigenvalue weighted by Gasteiger charge is -2.41. The number of nitrogens with one attached hydrogen (secondary N) is 2. The molecule has 0 spiro atoms. The first kappa shape index (κ1) is 34.5. The highest BCUT2D eigenvalue weighted by Gasteiger charge is 2.45. The monoisotopic (exact) mass is 661 g/mol. The number of aromatic nitrogens is 1. The first-order valence-electron chi connectivity index (χ1n) is 15.0. The van der Waals surface area contributed by atoms with Crippen LogP contribution in [0.3, 0.4) is 0 Å². The lowest BCUT2D eigenvalue weighted by atomic mass is 9.83. The fraction of sp³-hybridized carbons (Fsp3) is 0.531. The molecule has 13 heteroatoms. The highest BCUT2D eigenvalue weighted by Crippen LogP contribution is 2.33. The molecule has 2 saturated heterocycles. The number of carboxylic acid groups (broad SMARTS) is 1. The molecule has 4 rings (SSSR count). The number of likely N-dealkylation sites (tertiary alicyclic amines) is 2. The molecule has 11 nitrogen and oxygen atoms in total. The van der Waals surface area contributed by atoms with E-state index in [-0.39, 0.29) is 33.5 Å². The summed E-state index contributed by atoms with van der Waals surface area (Å²) in [6, 6.07) is 4.37. The lowest BCUT2D eigenvalue weighted by molar-refractivity contribution is -0.142. The van der Waals surface area contributed by atoms with Crippen LogP contribution in [0.2, 0.25) is 10.0 Å². The summed E-state index contributed by atoms with van der Waals surface area (Å²) in [6.07, 6.45) is 4.55. The highest BCUT2D eigenvalue weighted by molar-refractivity contribution is 6.40. The minimum atomic E-state index is -1.25. The predicted octanol–water partition coefficient (Wildman–Crippen LogP) is 5.25. The Bertz CT molecular complexity index is 1410. The van der Waals surface area contributed by atoms with Gasteiger partial charge >= 0.3 is 12.1 Å².